The Morgan fingerprint density at radius 3 is 1.20 bits per heavy atom. The lowest BCUT2D eigenvalue weighted by molar-refractivity contribution is -0.140. The first kappa shape index (κ1) is 43.8. The monoisotopic (exact) mass is 635 g/mol. The quantitative estimate of drug-likeness (QED) is 0.211. The maximum absolute atomic E-state index is 12.3. The molecule has 5 aliphatic heterocycles. The van der Waals surface area contributed by atoms with Gasteiger partial charge >= 0.3 is 11.9 Å². The topological polar surface area (TPSA) is 206 Å². The van der Waals surface area contributed by atoms with Gasteiger partial charge in [0.25, 0.3) is 0 Å². The summed E-state index contributed by atoms with van der Waals surface area (Å²) in [6, 6.07) is -0.672. The molecule has 0 bridgehead atoms. The van der Waals surface area contributed by atoms with Gasteiger partial charge in [0.15, 0.2) is 0 Å². The molecule has 0 aromatic carbocycles. The molecule has 5 fully saturated rings. The second kappa shape index (κ2) is 23.9. The molecule has 5 aliphatic rings. The van der Waals surface area contributed by atoms with Crippen molar-refractivity contribution < 1.29 is 43.7 Å². The van der Waals surface area contributed by atoms with Gasteiger partial charge in [0.05, 0.1) is 24.2 Å². The Bertz CT molecular complexity index is 814. The van der Waals surface area contributed by atoms with Crippen molar-refractivity contribution in [2.24, 2.45) is 0 Å². The Balaban J connectivity index is 0. The van der Waals surface area contributed by atoms with Gasteiger partial charge in [0, 0.05) is 19.5 Å². The highest BCUT2D eigenvalue weighted by Gasteiger charge is 2.26. The summed E-state index contributed by atoms with van der Waals surface area (Å²) < 4.78 is 12.3. The average Bonchev–Trinajstić information content (AvgIpc) is 3.67. The van der Waals surface area contributed by atoms with Crippen LogP contribution in [0.1, 0.15) is 87.0 Å². The highest BCUT2D eigenvalue weighted by atomic mass is 19.1. The first-order valence-corrected chi connectivity index (χ1v) is 14.8. The van der Waals surface area contributed by atoms with Gasteiger partial charge in [-0.3, -0.25) is 24.0 Å². The molecule has 7 unspecified atom stereocenters. The van der Waals surface area contributed by atoms with Gasteiger partial charge in [0.2, 0.25) is 0 Å². The van der Waals surface area contributed by atoms with Crippen LogP contribution < -0.4 is 26.6 Å². The Kier molecular flexibility index (Phi) is 23.8. The number of aliphatic hydroxyl groups excluding tert-OH is 1. The molecule has 0 radical (unpaired) electrons. The highest BCUT2D eigenvalue weighted by Crippen LogP contribution is 2.10. The number of ketones is 3. The van der Waals surface area contributed by atoms with Crippen molar-refractivity contribution in [1.29, 1.82) is 0 Å². The van der Waals surface area contributed by atoms with E-state index in [9.17, 15) is 28.4 Å². The number of Topliss-reactive ketones (excluding diaryl/α,β-unsaturated/α-hetero) is 3. The number of alkyl halides is 1. The third kappa shape index (κ3) is 18.4. The van der Waals surface area contributed by atoms with E-state index < -0.39 is 18.1 Å². The SMILES string of the molecule is C.C.CC(=O)C1CC(F)CN1.CC(=O)C1CC(O)CN1.CC(=O)C1CCN1.O=C(O)C1CCCCN1.O=C(O)C1CCCN1. The van der Waals surface area contributed by atoms with Gasteiger partial charge in [0.1, 0.15) is 35.6 Å². The maximum Gasteiger partial charge on any atom is 0.320 e. The molecule has 13 nitrogen and oxygen atoms in total. The fourth-order valence-corrected chi connectivity index (χ4v) is 4.62. The van der Waals surface area contributed by atoms with Crippen LogP contribution in [0.5, 0.6) is 0 Å². The molecular formula is C30H58FN5O8. The number of hydrogen-bond acceptors (Lipinski definition) is 11. The van der Waals surface area contributed by atoms with Crippen molar-refractivity contribution in [3.05, 3.63) is 0 Å². The van der Waals surface area contributed by atoms with Crippen LogP contribution in [-0.2, 0) is 24.0 Å². The molecule has 0 spiro atoms. The summed E-state index contributed by atoms with van der Waals surface area (Å²) in [6.45, 7) is 8.27. The van der Waals surface area contributed by atoms with E-state index in [0.29, 0.717) is 25.9 Å². The Morgan fingerprint density at radius 2 is 1.00 bits per heavy atom. The van der Waals surface area contributed by atoms with Crippen molar-refractivity contribution in [3.63, 3.8) is 0 Å². The average molecular weight is 636 g/mol. The Labute approximate surface area is 261 Å². The number of aliphatic carboxylic acids is 2. The van der Waals surface area contributed by atoms with Crippen molar-refractivity contribution in [2.75, 3.05) is 32.7 Å². The number of carbonyl (C=O) groups is 5. The number of carboxylic acid groups (broad SMARTS) is 2. The zero-order chi connectivity index (χ0) is 31.7. The molecule has 14 heteroatoms. The molecule has 8 N–H and O–H groups in total. The smallest absolute Gasteiger partial charge is 0.320 e. The largest absolute Gasteiger partial charge is 0.480 e. The van der Waals surface area contributed by atoms with Gasteiger partial charge in [-0.15, -0.1) is 0 Å². The lowest BCUT2D eigenvalue weighted by Gasteiger charge is -2.24. The normalized spacial score (nSPS) is 29.7. The molecule has 5 heterocycles. The van der Waals surface area contributed by atoms with Gasteiger partial charge in [-0.2, -0.15) is 0 Å². The number of nitrogens with one attached hydrogen (secondary N) is 5. The number of carbonyl (C=O) groups excluding carboxylic acids is 3. The standard InChI is InChI=1S/C6H10FNO.2C6H11NO2.C5H9NO2.C5H9NO.2CH4/c1-4(9)6-2-5(7)3-8-6;1-4(8)6-2-5(9)3-7-6;8-6(9)5-3-1-2-4-7-5;7-5(8)4-2-1-3-6-4;1-4(7)5-2-3-6-5;;/h5-6,8H,2-3H2,1H3;5-7,9H,2-3H2,1H3;5,7H,1-4H2,(H,8,9);4,6H,1-3H2,(H,7,8);5-6H,2-3H2,1H3;2*1H4. The van der Waals surface area contributed by atoms with Gasteiger partial charge in [-0.25, -0.2) is 4.39 Å². The number of β-amino-alcohol motifs (C(OH)–C–C–N with tert-alkyl or cyclic N) is 1. The van der Waals surface area contributed by atoms with Crippen LogP contribution in [0.2, 0.25) is 0 Å². The van der Waals surface area contributed by atoms with Crippen LogP contribution in [0, 0.1) is 0 Å². The fourth-order valence-electron chi connectivity index (χ4n) is 4.62. The van der Waals surface area contributed by atoms with E-state index in [0.717, 1.165) is 58.2 Å². The van der Waals surface area contributed by atoms with Crippen molar-refractivity contribution in [3.8, 4) is 0 Å². The van der Waals surface area contributed by atoms with E-state index >= 15 is 0 Å². The van der Waals surface area contributed by atoms with Crippen LogP contribution in [0.4, 0.5) is 4.39 Å². The van der Waals surface area contributed by atoms with Gasteiger partial charge in [-0.1, -0.05) is 21.3 Å². The van der Waals surface area contributed by atoms with Crippen molar-refractivity contribution in [2.45, 2.75) is 129 Å². The molecule has 5 rings (SSSR count). The van der Waals surface area contributed by atoms with Crippen LogP contribution in [0.25, 0.3) is 0 Å². The summed E-state index contributed by atoms with van der Waals surface area (Å²) in [6.07, 6.45) is 5.56. The van der Waals surface area contributed by atoms with E-state index in [4.69, 9.17) is 15.3 Å². The van der Waals surface area contributed by atoms with E-state index in [-0.39, 0.29) is 68.5 Å². The summed E-state index contributed by atoms with van der Waals surface area (Å²) in [7, 11) is 0. The minimum absolute atomic E-state index is 0. The van der Waals surface area contributed by atoms with Crippen LogP contribution in [0.15, 0.2) is 0 Å². The number of halogens is 1. The zero-order valence-electron chi connectivity index (χ0n) is 25.0. The molecular weight excluding hydrogens is 577 g/mol. The minimum Gasteiger partial charge on any atom is -0.480 e. The molecule has 7 atom stereocenters. The first-order valence-electron chi connectivity index (χ1n) is 14.8. The zero-order valence-corrected chi connectivity index (χ0v) is 25.0. The minimum atomic E-state index is -0.820. The number of piperidine rings is 1. The fraction of sp³-hybridized carbons (Fsp3) is 0.833. The van der Waals surface area contributed by atoms with Crippen LogP contribution >= 0.6 is 0 Å². The van der Waals surface area contributed by atoms with E-state index in [1.54, 1.807) is 6.92 Å². The van der Waals surface area contributed by atoms with Crippen molar-refractivity contribution >= 4 is 29.3 Å². The number of rotatable bonds is 5. The summed E-state index contributed by atoms with van der Waals surface area (Å²) in [5.74, 6) is -1.01. The first-order chi connectivity index (χ1) is 19.8. The van der Waals surface area contributed by atoms with Gasteiger partial charge < -0.3 is 41.9 Å². The summed E-state index contributed by atoms with van der Waals surface area (Å²) >= 11 is 0. The van der Waals surface area contributed by atoms with Gasteiger partial charge in [-0.05, 0) is 78.9 Å². The second-order valence-electron chi connectivity index (χ2n) is 11.1. The molecule has 44 heavy (non-hydrogen) atoms. The third-order valence-corrected chi connectivity index (χ3v) is 7.45. The second-order valence-corrected chi connectivity index (χ2v) is 11.1. The number of aliphatic hydroxyl groups is 1. The highest BCUT2D eigenvalue weighted by molar-refractivity contribution is 5.82. The predicted molar refractivity (Wildman–Crippen MR) is 168 cm³/mol. The molecule has 0 aromatic heterocycles. The lowest BCUT2D eigenvalue weighted by atomic mass is 10.0. The molecule has 0 aromatic rings. The summed E-state index contributed by atoms with van der Waals surface area (Å²) in [5.41, 5.74) is 0. The third-order valence-electron chi connectivity index (χ3n) is 7.45. The molecule has 0 saturated carbocycles. The van der Waals surface area contributed by atoms with E-state index in [1.807, 2.05) is 0 Å². The van der Waals surface area contributed by atoms with Crippen LogP contribution in [0.3, 0.4) is 0 Å². The maximum atomic E-state index is 12.3. The van der Waals surface area contributed by atoms with Crippen molar-refractivity contribution in [1.82, 2.24) is 26.6 Å². The van der Waals surface area contributed by atoms with E-state index in [1.165, 1.54) is 13.8 Å². The van der Waals surface area contributed by atoms with Crippen LogP contribution in [-0.4, -0.2) is 120 Å². The lowest BCUT2D eigenvalue weighted by Crippen LogP contribution is -2.47. The molecule has 258 valence electrons. The Hall–Kier alpha value is -2.36. The Morgan fingerprint density at radius 1 is 0.568 bits per heavy atom. The van der Waals surface area contributed by atoms with E-state index in [2.05, 4.69) is 26.6 Å². The predicted octanol–water partition coefficient (Wildman–Crippen LogP) is 0.819. The molecule has 5 saturated heterocycles. The summed E-state index contributed by atoms with van der Waals surface area (Å²) in [5, 5.41) is 40.2. The number of hydrogen-bond donors (Lipinski definition) is 8. The molecule has 0 aliphatic carbocycles. The molecule has 0 amide bonds. The summed E-state index contributed by atoms with van der Waals surface area (Å²) in [4.78, 5) is 52.0. The number of carboxylic acids is 2.